The molecule has 9 heteroatoms. The minimum Gasteiger partial charge on any atom is -0.462 e. The van der Waals surface area contributed by atoms with E-state index in [4.69, 9.17) is 22.7 Å². The molecule has 0 unspecified atom stereocenters. The van der Waals surface area contributed by atoms with Crippen molar-refractivity contribution in [2.45, 2.75) is 6.92 Å². The van der Waals surface area contributed by atoms with Gasteiger partial charge < -0.3 is 15.0 Å². The van der Waals surface area contributed by atoms with Crippen LogP contribution in [0, 0.1) is 4.77 Å². The highest BCUT2D eigenvalue weighted by Gasteiger charge is 2.25. The number of aromatic nitrogens is 3. The topological polar surface area (TPSA) is 103 Å². The predicted molar refractivity (Wildman–Crippen MR) is 106 cm³/mol. The molecule has 7 nitrogen and oxygen atoms in total. The molecular formula is C17H15BrN4O3S. The number of hydrogen-bond acceptors (Lipinski definition) is 6. The second-order valence-electron chi connectivity index (χ2n) is 5.49. The molecule has 0 spiro atoms. The fourth-order valence-electron chi connectivity index (χ4n) is 2.70. The Kier molecular flexibility index (Phi) is 4.92. The Morgan fingerprint density at radius 1 is 1.38 bits per heavy atom. The number of aryl methyl sites for hydroxylation is 1. The Morgan fingerprint density at radius 2 is 2.04 bits per heavy atom. The first kappa shape index (κ1) is 18.3. The maximum absolute atomic E-state index is 12.7. The summed E-state index contributed by atoms with van der Waals surface area (Å²) in [5.74, 6) is -0.661. The fraction of sp³-hybridized carbons (Fsp3) is 0.176. The van der Waals surface area contributed by atoms with Gasteiger partial charge in [-0.3, -0.25) is 9.78 Å². The summed E-state index contributed by atoms with van der Waals surface area (Å²) in [6.07, 6.45) is 0. The third-order valence-corrected chi connectivity index (χ3v) is 4.79. The molecule has 0 aliphatic carbocycles. The summed E-state index contributed by atoms with van der Waals surface area (Å²) < 4.78 is 7.74. The van der Waals surface area contributed by atoms with E-state index in [2.05, 4.69) is 25.9 Å². The van der Waals surface area contributed by atoms with E-state index in [1.807, 2.05) is 12.1 Å². The number of nitrogens with one attached hydrogen (secondary N) is 1. The van der Waals surface area contributed by atoms with Crippen LogP contribution in [0.15, 0.2) is 33.5 Å². The average Bonchev–Trinajstić information content (AvgIpc) is 2.59. The van der Waals surface area contributed by atoms with E-state index >= 15 is 0 Å². The normalized spacial score (nSPS) is 10.9. The molecule has 134 valence electrons. The summed E-state index contributed by atoms with van der Waals surface area (Å²) >= 11 is 8.52. The summed E-state index contributed by atoms with van der Waals surface area (Å²) in [6, 6.07) is 7.18. The van der Waals surface area contributed by atoms with Gasteiger partial charge in [0.2, 0.25) is 0 Å². The zero-order valence-corrected chi connectivity index (χ0v) is 16.4. The molecule has 0 radical (unpaired) electrons. The van der Waals surface area contributed by atoms with Crippen molar-refractivity contribution in [3.63, 3.8) is 0 Å². The molecule has 1 aromatic carbocycles. The summed E-state index contributed by atoms with van der Waals surface area (Å²) in [5.41, 5.74) is 6.99. The van der Waals surface area contributed by atoms with Crippen LogP contribution in [0.2, 0.25) is 0 Å². The number of nitrogens with two attached hydrogens (primary N) is 1. The number of halogens is 1. The van der Waals surface area contributed by atoms with Gasteiger partial charge in [-0.2, -0.15) is 0 Å². The SMILES string of the molecule is CCOC(=O)c1c(N)nc2c(c1-c1ccc(Br)cc1)c(=O)[nH]c(=S)n2C. The van der Waals surface area contributed by atoms with Gasteiger partial charge in [0.1, 0.15) is 11.4 Å². The van der Waals surface area contributed by atoms with Gasteiger partial charge in [-0.1, -0.05) is 28.1 Å². The van der Waals surface area contributed by atoms with Crippen molar-refractivity contribution >= 4 is 51.0 Å². The number of esters is 1. The third kappa shape index (κ3) is 3.04. The third-order valence-electron chi connectivity index (χ3n) is 3.89. The second kappa shape index (κ2) is 7.00. The molecule has 0 aliphatic heterocycles. The number of nitrogen functional groups attached to an aromatic ring is 1. The number of anilines is 1. The van der Waals surface area contributed by atoms with Crippen LogP contribution < -0.4 is 11.3 Å². The lowest BCUT2D eigenvalue weighted by atomic mass is 9.97. The summed E-state index contributed by atoms with van der Waals surface area (Å²) in [6.45, 7) is 1.86. The number of ether oxygens (including phenoxy) is 1. The Morgan fingerprint density at radius 3 is 2.65 bits per heavy atom. The van der Waals surface area contributed by atoms with E-state index in [0.29, 0.717) is 16.8 Å². The first-order chi connectivity index (χ1) is 12.3. The molecule has 0 amide bonds. The number of hydrogen-bond donors (Lipinski definition) is 2. The molecule has 2 heterocycles. The van der Waals surface area contributed by atoms with Gasteiger partial charge in [0.15, 0.2) is 10.4 Å². The summed E-state index contributed by atoms with van der Waals surface area (Å²) in [5, 5.41) is 0.223. The van der Waals surface area contributed by atoms with Gasteiger partial charge >= 0.3 is 5.97 Å². The maximum Gasteiger partial charge on any atom is 0.342 e. The van der Waals surface area contributed by atoms with Crippen LogP contribution in [0.3, 0.4) is 0 Å². The monoisotopic (exact) mass is 434 g/mol. The van der Waals surface area contributed by atoms with Gasteiger partial charge in [0.05, 0.1) is 12.0 Å². The van der Waals surface area contributed by atoms with Crippen molar-refractivity contribution in [2.75, 3.05) is 12.3 Å². The Balaban J connectivity index is 2.54. The van der Waals surface area contributed by atoms with Crippen LogP contribution in [0.5, 0.6) is 0 Å². The number of nitrogens with zero attached hydrogens (tertiary/aromatic N) is 2. The summed E-state index contributed by atoms with van der Waals surface area (Å²) in [7, 11) is 1.67. The van der Waals surface area contributed by atoms with E-state index in [1.165, 1.54) is 0 Å². The second-order valence-corrected chi connectivity index (χ2v) is 6.79. The van der Waals surface area contributed by atoms with Crippen molar-refractivity contribution in [1.82, 2.24) is 14.5 Å². The smallest absolute Gasteiger partial charge is 0.342 e. The zero-order valence-electron chi connectivity index (χ0n) is 14.0. The molecule has 26 heavy (non-hydrogen) atoms. The van der Waals surface area contributed by atoms with Crippen LogP contribution in [-0.4, -0.2) is 27.1 Å². The molecule has 0 aliphatic rings. The Bertz CT molecular complexity index is 1140. The number of benzene rings is 1. The summed E-state index contributed by atoms with van der Waals surface area (Å²) in [4.78, 5) is 32.1. The Hall–Kier alpha value is -2.52. The predicted octanol–water partition coefficient (Wildman–Crippen LogP) is 3.18. The molecule has 0 saturated carbocycles. The van der Waals surface area contributed by atoms with Crippen molar-refractivity contribution in [1.29, 1.82) is 0 Å². The van der Waals surface area contributed by atoms with Crippen molar-refractivity contribution in [3.8, 4) is 11.1 Å². The molecule has 3 aromatic rings. The van der Waals surface area contributed by atoms with Crippen molar-refractivity contribution in [2.24, 2.45) is 7.05 Å². The molecule has 2 aromatic heterocycles. The molecule has 3 N–H and O–H groups in total. The standard InChI is InChI=1S/C17H15BrN4O3S/c1-3-25-16(24)11-10(8-4-6-9(18)7-5-8)12-14(20-13(11)19)22(2)17(26)21-15(12)23/h4-7H,3H2,1-2H3,(H2,19,20)(H,21,23,26). The van der Waals surface area contributed by atoms with Gasteiger partial charge in [0, 0.05) is 17.1 Å². The average molecular weight is 435 g/mol. The first-order valence-corrected chi connectivity index (χ1v) is 8.90. The molecule has 0 bridgehead atoms. The van der Waals surface area contributed by atoms with Crippen LogP contribution in [0.4, 0.5) is 5.82 Å². The highest BCUT2D eigenvalue weighted by molar-refractivity contribution is 9.10. The number of carbonyl (C=O) groups excluding carboxylic acids is 1. The zero-order chi connectivity index (χ0) is 19.0. The number of pyridine rings is 1. The minimum atomic E-state index is -0.637. The van der Waals surface area contributed by atoms with E-state index in [-0.39, 0.29) is 28.1 Å². The minimum absolute atomic E-state index is 0.0236. The van der Waals surface area contributed by atoms with Crippen molar-refractivity contribution in [3.05, 3.63) is 49.4 Å². The largest absolute Gasteiger partial charge is 0.462 e. The molecule has 0 atom stereocenters. The molecule has 3 rings (SSSR count). The lowest BCUT2D eigenvalue weighted by molar-refractivity contribution is 0.0528. The number of carbonyl (C=O) groups is 1. The molecular weight excluding hydrogens is 420 g/mol. The Labute approximate surface area is 162 Å². The van der Waals surface area contributed by atoms with E-state index in [9.17, 15) is 9.59 Å². The maximum atomic E-state index is 12.7. The van der Waals surface area contributed by atoms with Crippen molar-refractivity contribution < 1.29 is 9.53 Å². The highest BCUT2D eigenvalue weighted by Crippen LogP contribution is 2.33. The van der Waals surface area contributed by atoms with Gasteiger partial charge in [0.25, 0.3) is 5.56 Å². The number of H-pyrrole nitrogens is 1. The quantitative estimate of drug-likeness (QED) is 0.484. The first-order valence-electron chi connectivity index (χ1n) is 7.70. The van der Waals surface area contributed by atoms with E-state index < -0.39 is 11.5 Å². The fourth-order valence-corrected chi connectivity index (χ4v) is 3.15. The number of aromatic amines is 1. The number of fused-ring (bicyclic) bond motifs is 1. The lowest BCUT2D eigenvalue weighted by Gasteiger charge is -2.15. The van der Waals surface area contributed by atoms with Crippen LogP contribution in [0.25, 0.3) is 22.2 Å². The van der Waals surface area contributed by atoms with Gasteiger partial charge in [-0.15, -0.1) is 0 Å². The van der Waals surface area contributed by atoms with Crippen LogP contribution in [0.1, 0.15) is 17.3 Å². The molecule has 0 fully saturated rings. The van der Waals surface area contributed by atoms with Gasteiger partial charge in [-0.25, -0.2) is 9.78 Å². The van der Waals surface area contributed by atoms with E-state index in [0.717, 1.165) is 4.47 Å². The van der Waals surface area contributed by atoms with Crippen LogP contribution in [-0.2, 0) is 11.8 Å². The molecule has 0 saturated heterocycles. The van der Waals surface area contributed by atoms with E-state index in [1.54, 1.807) is 30.7 Å². The highest BCUT2D eigenvalue weighted by atomic mass is 79.9. The lowest BCUT2D eigenvalue weighted by Crippen LogP contribution is -2.19. The number of rotatable bonds is 3. The van der Waals surface area contributed by atoms with Gasteiger partial charge in [-0.05, 0) is 36.8 Å². The van der Waals surface area contributed by atoms with Crippen LogP contribution >= 0.6 is 28.1 Å².